The Bertz CT molecular complexity index is 1310. The fourth-order valence-corrected chi connectivity index (χ4v) is 4.03. The van der Waals surface area contributed by atoms with Crippen molar-refractivity contribution in [3.05, 3.63) is 94.2 Å². The maximum absolute atomic E-state index is 13.7. The van der Waals surface area contributed by atoms with E-state index in [-0.39, 0.29) is 17.1 Å². The number of hydrogen-bond donors (Lipinski definition) is 1. The zero-order chi connectivity index (χ0) is 24.0. The molecule has 0 saturated heterocycles. The van der Waals surface area contributed by atoms with Crippen LogP contribution in [0.1, 0.15) is 25.1 Å². The smallest absolute Gasteiger partial charge is 0.384 e. The van der Waals surface area contributed by atoms with Crippen molar-refractivity contribution in [2.45, 2.75) is 25.6 Å². The minimum atomic E-state index is -4.56. The summed E-state index contributed by atoms with van der Waals surface area (Å²) in [5.41, 5.74) is 0.204. The second-order valence-corrected chi connectivity index (χ2v) is 8.94. The van der Waals surface area contributed by atoms with Gasteiger partial charge in [0.25, 0.3) is 0 Å². The molecule has 0 amide bonds. The SMILES string of the molecule is CC(C)(O)c1cn(-c2ccc(-c3ccc(Cl)cc3Cl)cc2)c(-c2ccccc2C(F)(F)F)n1. The summed E-state index contributed by atoms with van der Waals surface area (Å²) < 4.78 is 42.7. The Morgan fingerprint density at radius 3 is 2.15 bits per heavy atom. The van der Waals surface area contributed by atoms with Crippen molar-refractivity contribution in [1.82, 2.24) is 9.55 Å². The molecule has 8 heteroatoms. The van der Waals surface area contributed by atoms with E-state index < -0.39 is 17.3 Å². The summed E-state index contributed by atoms with van der Waals surface area (Å²) >= 11 is 12.3. The molecule has 3 aromatic carbocycles. The molecule has 3 nitrogen and oxygen atoms in total. The van der Waals surface area contributed by atoms with Gasteiger partial charge in [0.1, 0.15) is 11.4 Å². The maximum atomic E-state index is 13.7. The van der Waals surface area contributed by atoms with Crippen LogP contribution in [0.3, 0.4) is 0 Å². The Morgan fingerprint density at radius 1 is 0.879 bits per heavy atom. The predicted octanol–water partition coefficient (Wildman–Crippen LogP) is 7.76. The molecule has 33 heavy (non-hydrogen) atoms. The van der Waals surface area contributed by atoms with E-state index in [1.807, 2.05) is 12.1 Å². The van der Waals surface area contributed by atoms with E-state index in [1.54, 1.807) is 41.1 Å². The van der Waals surface area contributed by atoms with Gasteiger partial charge < -0.3 is 5.11 Å². The molecule has 0 aliphatic carbocycles. The molecule has 0 aliphatic rings. The van der Waals surface area contributed by atoms with Gasteiger partial charge in [0.2, 0.25) is 0 Å². The number of hydrogen-bond acceptors (Lipinski definition) is 2. The minimum absolute atomic E-state index is 0.0784. The summed E-state index contributed by atoms with van der Waals surface area (Å²) in [6.45, 7) is 3.06. The number of halogens is 5. The summed E-state index contributed by atoms with van der Waals surface area (Å²) in [7, 11) is 0. The van der Waals surface area contributed by atoms with Crippen LogP contribution in [0, 0.1) is 0 Å². The molecule has 0 saturated carbocycles. The number of alkyl halides is 3. The number of nitrogens with zero attached hydrogens (tertiary/aromatic N) is 2. The van der Waals surface area contributed by atoms with Crippen LogP contribution in [0.25, 0.3) is 28.2 Å². The van der Waals surface area contributed by atoms with Crippen LogP contribution in [0.15, 0.2) is 72.9 Å². The van der Waals surface area contributed by atoms with Crippen LogP contribution in [0.2, 0.25) is 10.0 Å². The molecule has 170 valence electrons. The number of rotatable bonds is 4. The van der Waals surface area contributed by atoms with Crippen LogP contribution < -0.4 is 0 Å². The molecular weight excluding hydrogens is 472 g/mol. The molecule has 0 radical (unpaired) electrons. The molecule has 0 unspecified atom stereocenters. The summed E-state index contributed by atoms with van der Waals surface area (Å²) in [5, 5.41) is 11.5. The van der Waals surface area contributed by atoms with Gasteiger partial charge in [0.15, 0.2) is 0 Å². The molecule has 0 fully saturated rings. The monoisotopic (exact) mass is 490 g/mol. The topological polar surface area (TPSA) is 38.0 Å². The average molecular weight is 491 g/mol. The lowest BCUT2D eigenvalue weighted by Crippen LogP contribution is -2.15. The predicted molar refractivity (Wildman–Crippen MR) is 125 cm³/mol. The molecule has 1 heterocycles. The summed E-state index contributed by atoms with van der Waals surface area (Å²) in [6.07, 6.45) is -3.01. The first-order valence-corrected chi connectivity index (χ1v) is 10.8. The average Bonchev–Trinajstić information content (AvgIpc) is 3.19. The Balaban J connectivity index is 1.86. The standard InChI is InChI=1S/C25H19Cl2F3N2O/c1-24(2,33)22-14-32(23(31-22)19-5-3-4-6-20(19)25(28,29)30)17-10-7-15(8-11-17)18-12-9-16(26)13-21(18)27/h3-14,33H,1-2H3. The Hall–Kier alpha value is -2.80. The number of benzene rings is 3. The lowest BCUT2D eigenvalue weighted by molar-refractivity contribution is -0.137. The quantitative estimate of drug-likeness (QED) is 0.317. The minimum Gasteiger partial charge on any atom is -0.384 e. The van der Waals surface area contributed by atoms with Crippen LogP contribution in [0.5, 0.6) is 0 Å². The first-order valence-electron chi connectivity index (χ1n) is 10.00. The Kier molecular flexibility index (Phi) is 6.03. The van der Waals surface area contributed by atoms with E-state index in [9.17, 15) is 18.3 Å². The highest BCUT2D eigenvalue weighted by atomic mass is 35.5. The molecule has 1 N–H and O–H groups in total. The lowest BCUT2D eigenvalue weighted by Gasteiger charge is -2.14. The zero-order valence-corrected chi connectivity index (χ0v) is 19.2. The fourth-order valence-electron chi connectivity index (χ4n) is 3.51. The fraction of sp³-hybridized carbons (Fsp3) is 0.160. The van der Waals surface area contributed by atoms with Gasteiger partial charge in [-0.3, -0.25) is 4.57 Å². The first kappa shape index (κ1) is 23.4. The third-order valence-electron chi connectivity index (χ3n) is 5.19. The van der Waals surface area contributed by atoms with Gasteiger partial charge in [0.05, 0.1) is 11.3 Å². The van der Waals surface area contributed by atoms with E-state index in [0.717, 1.165) is 17.2 Å². The van der Waals surface area contributed by atoms with E-state index in [2.05, 4.69) is 4.98 Å². The summed E-state index contributed by atoms with van der Waals surface area (Å²) in [5.74, 6) is 0.0809. The molecule has 4 rings (SSSR count). The highest BCUT2D eigenvalue weighted by Gasteiger charge is 2.35. The molecule has 0 spiro atoms. The van der Waals surface area contributed by atoms with Crippen molar-refractivity contribution >= 4 is 23.2 Å². The van der Waals surface area contributed by atoms with Crippen molar-refractivity contribution < 1.29 is 18.3 Å². The molecule has 4 aromatic rings. The van der Waals surface area contributed by atoms with Crippen molar-refractivity contribution in [3.63, 3.8) is 0 Å². The highest BCUT2D eigenvalue weighted by molar-refractivity contribution is 6.36. The van der Waals surface area contributed by atoms with E-state index in [4.69, 9.17) is 23.2 Å². The third kappa shape index (κ3) is 4.78. The second-order valence-electron chi connectivity index (χ2n) is 8.09. The van der Waals surface area contributed by atoms with Crippen molar-refractivity contribution in [3.8, 4) is 28.2 Å². The van der Waals surface area contributed by atoms with Gasteiger partial charge in [-0.05, 0) is 49.7 Å². The van der Waals surface area contributed by atoms with E-state index in [0.29, 0.717) is 15.7 Å². The summed E-state index contributed by atoms with van der Waals surface area (Å²) in [6, 6.07) is 17.6. The van der Waals surface area contributed by atoms with Gasteiger partial charge >= 0.3 is 6.18 Å². The number of aliphatic hydroxyl groups is 1. The molecule has 0 atom stereocenters. The number of aromatic nitrogens is 2. The normalized spacial score (nSPS) is 12.2. The van der Waals surface area contributed by atoms with Crippen LogP contribution in [-0.2, 0) is 11.8 Å². The molecular formula is C25H19Cl2F3N2O. The third-order valence-corrected chi connectivity index (χ3v) is 5.74. The van der Waals surface area contributed by atoms with Gasteiger partial charge in [-0.15, -0.1) is 0 Å². The van der Waals surface area contributed by atoms with Crippen LogP contribution >= 0.6 is 23.2 Å². The van der Waals surface area contributed by atoms with Crippen molar-refractivity contribution in [1.29, 1.82) is 0 Å². The molecule has 1 aromatic heterocycles. The number of imidazole rings is 1. The zero-order valence-electron chi connectivity index (χ0n) is 17.7. The second kappa shape index (κ2) is 8.52. The summed E-state index contributed by atoms with van der Waals surface area (Å²) in [4.78, 5) is 4.38. The maximum Gasteiger partial charge on any atom is 0.417 e. The van der Waals surface area contributed by atoms with Gasteiger partial charge in [-0.2, -0.15) is 13.2 Å². The molecule has 0 aliphatic heterocycles. The largest absolute Gasteiger partial charge is 0.417 e. The highest BCUT2D eigenvalue weighted by Crippen LogP contribution is 2.38. The first-order chi connectivity index (χ1) is 15.4. The van der Waals surface area contributed by atoms with Gasteiger partial charge in [0, 0.05) is 33.1 Å². The van der Waals surface area contributed by atoms with Crippen LogP contribution in [0.4, 0.5) is 13.2 Å². The Labute approximate surface area is 199 Å². The Morgan fingerprint density at radius 2 is 1.55 bits per heavy atom. The van der Waals surface area contributed by atoms with E-state index >= 15 is 0 Å². The lowest BCUT2D eigenvalue weighted by atomic mass is 10.0. The van der Waals surface area contributed by atoms with E-state index in [1.165, 1.54) is 32.0 Å². The van der Waals surface area contributed by atoms with Crippen molar-refractivity contribution in [2.24, 2.45) is 0 Å². The van der Waals surface area contributed by atoms with Crippen LogP contribution in [-0.4, -0.2) is 14.7 Å². The van der Waals surface area contributed by atoms with Gasteiger partial charge in [-0.1, -0.05) is 59.6 Å². The van der Waals surface area contributed by atoms with Crippen molar-refractivity contribution in [2.75, 3.05) is 0 Å². The van der Waals surface area contributed by atoms with Gasteiger partial charge in [-0.25, -0.2) is 4.98 Å². The molecule has 0 bridgehead atoms.